The summed E-state index contributed by atoms with van der Waals surface area (Å²) in [6.07, 6.45) is -3.97. The Bertz CT molecular complexity index is 1020. The Morgan fingerprint density at radius 2 is 1.29 bits per heavy atom. The molecule has 3 aromatic carbocycles. The fraction of sp³-hybridized carbons (Fsp3) is 0.217. The Morgan fingerprint density at radius 1 is 0.714 bits per heavy atom. The molecule has 0 amide bonds. The van der Waals surface area contributed by atoms with Crippen LogP contribution in [0.15, 0.2) is 48.5 Å². The van der Waals surface area contributed by atoms with Crippen LogP contribution in [0.2, 0.25) is 0 Å². The van der Waals surface area contributed by atoms with Gasteiger partial charge in [0.25, 0.3) is 0 Å². The van der Waals surface area contributed by atoms with Crippen LogP contribution >= 0.6 is 0 Å². The highest BCUT2D eigenvalue weighted by Crippen LogP contribution is 2.50. The fourth-order valence-electron chi connectivity index (χ4n) is 3.19. The Hall–Kier alpha value is -2.82. The van der Waals surface area contributed by atoms with Gasteiger partial charge in [-0.3, -0.25) is 0 Å². The van der Waals surface area contributed by atoms with Crippen LogP contribution in [-0.4, -0.2) is 0 Å². The molecule has 1 aliphatic rings. The molecule has 4 rings (SSSR count). The molecule has 1 heterocycles. The minimum atomic E-state index is -3.97. The van der Waals surface area contributed by atoms with Gasteiger partial charge in [0.15, 0.2) is 11.6 Å². The second-order valence-corrected chi connectivity index (χ2v) is 6.41. The number of halogens is 4. The zero-order chi connectivity index (χ0) is 20.6. The van der Waals surface area contributed by atoms with E-state index in [4.69, 9.17) is 0 Å². The molecule has 3 aromatic rings. The molecule has 0 aliphatic carbocycles. The van der Waals surface area contributed by atoms with Crippen LogP contribution < -0.4 is 4.74 Å². The molecule has 28 heavy (non-hydrogen) atoms. The van der Waals surface area contributed by atoms with Crippen molar-refractivity contribution < 1.29 is 22.3 Å². The van der Waals surface area contributed by atoms with Gasteiger partial charge in [0.2, 0.25) is 0 Å². The maximum absolute atomic E-state index is 15.1. The van der Waals surface area contributed by atoms with E-state index in [2.05, 4.69) is 4.74 Å². The van der Waals surface area contributed by atoms with Gasteiger partial charge in [-0.2, -0.15) is 8.78 Å². The summed E-state index contributed by atoms with van der Waals surface area (Å²) in [5, 5.41) is 0. The first-order chi connectivity index (χ1) is 13.3. The van der Waals surface area contributed by atoms with Gasteiger partial charge in [-0.25, -0.2) is 8.78 Å². The minimum Gasteiger partial charge on any atom is -0.425 e. The smallest absolute Gasteiger partial charge is 0.425 e. The maximum atomic E-state index is 15.1. The van der Waals surface area contributed by atoms with Crippen molar-refractivity contribution >= 4 is 0 Å². The van der Waals surface area contributed by atoms with E-state index in [1.165, 1.54) is 31.2 Å². The predicted molar refractivity (Wildman–Crippen MR) is 103 cm³/mol. The molecular weight excluding hydrogens is 368 g/mol. The normalized spacial score (nSPS) is 13.6. The molecule has 0 saturated carbocycles. The zero-order valence-electron chi connectivity index (χ0n) is 16.0. The van der Waals surface area contributed by atoms with Gasteiger partial charge in [-0.05, 0) is 25.0 Å². The first-order valence-corrected chi connectivity index (χ1v) is 9.06. The highest BCUT2D eigenvalue weighted by molar-refractivity contribution is 5.80. The number of hydrogen-bond acceptors (Lipinski definition) is 1. The van der Waals surface area contributed by atoms with E-state index in [0.29, 0.717) is 5.56 Å². The average Bonchev–Trinajstić information content (AvgIpc) is 2.67. The van der Waals surface area contributed by atoms with Crippen molar-refractivity contribution in [3.05, 3.63) is 76.9 Å². The average molecular weight is 388 g/mol. The van der Waals surface area contributed by atoms with Crippen LogP contribution in [-0.2, 0) is 6.11 Å². The summed E-state index contributed by atoms with van der Waals surface area (Å²) in [6.45, 7) is 7.33. The third kappa shape index (κ3) is 3.15. The van der Waals surface area contributed by atoms with Gasteiger partial charge in [0, 0.05) is 16.7 Å². The summed E-state index contributed by atoms with van der Waals surface area (Å²) in [5.74, 6) is -2.48. The second kappa shape index (κ2) is 7.30. The van der Waals surface area contributed by atoms with E-state index in [0.717, 1.165) is 5.56 Å². The summed E-state index contributed by atoms with van der Waals surface area (Å²) in [7, 11) is 0. The molecule has 0 aromatic heterocycles. The van der Waals surface area contributed by atoms with Crippen LogP contribution in [0.1, 0.15) is 30.5 Å². The maximum Gasteiger partial charge on any atom is 0.430 e. The molecular formula is C23H20F4O. The highest BCUT2D eigenvalue weighted by Gasteiger charge is 2.46. The summed E-state index contributed by atoms with van der Waals surface area (Å²) >= 11 is 0. The van der Waals surface area contributed by atoms with Crippen LogP contribution in [0.25, 0.3) is 22.3 Å². The lowest BCUT2D eigenvalue weighted by Crippen LogP contribution is -2.29. The van der Waals surface area contributed by atoms with E-state index in [1.807, 2.05) is 20.8 Å². The molecule has 1 aliphatic heterocycles. The molecule has 0 unspecified atom stereocenters. The first-order valence-electron chi connectivity index (χ1n) is 9.06. The number of ether oxygens (including phenoxy) is 1. The molecule has 5 heteroatoms. The zero-order valence-corrected chi connectivity index (χ0v) is 16.0. The standard InChI is InChI=1S/C21H14F4O.C2H6/c1-11-3-6-13(7-4-11)14-9-10-15-16-8-5-12(2)18(22)20(16)26-21(24,25)17(15)19(14)23;1-2/h3-10H,1-2H3;1-2H3. The van der Waals surface area contributed by atoms with E-state index in [1.54, 1.807) is 24.3 Å². The lowest BCUT2D eigenvalue weighted by Gasteiger charge is -2.29. The molecule has 0 spiro atoms. The van der Waals surface area contributed by atoms with Crippen LogP contribution in [0.4, 0.5) is 17.6 Å². The lowest BCUT2D eigenvalue weighted by atomic mass is 9.90. The first kappa shape index (κ1) is 19.9. The van der Waals surface area contributed by atoms with Gasteiger partial charge in [-0.1, -0.05) is 67.9 Å². The molecule has 146 valence electrons. The third-order valence-electron chi connectivity index (χ3n) is 4.61. The van der Waals surface area contributed by atoms with Gasteiger partial charge in [-0.15, -0.1) is 0 Å². The van der Waals surface area contributed by atoms with Crippen LogP contribution in [0.3, 0.4) is 0 Å². The van der Waals surface area contributed by atoms with Crippen LogP contribution in [0.5, 0.6) is 5.75 Å². The molecule has 0 bridgehead atoms. The molecule has 0 fully saturated rings. The summed E-state index contributed by atoms with van der Waals surface area (Å²) in [6, 6.07) is 12.6. The van der Waals surface area contributed by atoms with Crippen LogP contribution in [0, 0.1) is 25.5 Å². The Kier molecular flexibility index (Phi) is 5.20. The lowest BCUT2D eigenvalue weighted by molar-refractivity contribution is -0.190. The quantitative estimate of drug-likeness (QED) is 0.395. The molecule has 0 atom stereocenters. The summed E-state index contributed by atoms with van der Waals surface area (Å²) in [5.41, 5.74) is 0.856. The number of rotatable bonds is 1. The van der Waals surface area contributed by atoms with Gasteiger partial charge >= 0.3 is 6.11 Å². The number of benzene rings is 3. The van der Waals surface area contributed by atoms with E-state index >= 15 is 4.39 Å². The van der Waals surface area contributed by atoms with Gasteiger partial charge < -0.3 is 4.74 Å². The van der Waals surface area contributed by atoms with Crippen molar-refractivity contribution in [1.82, 2.24) is 0 Å². The molecule has 0 saturated heterocycles. The predicted octanol–water partition coefficient (Wildman–Crippen LogP) is 7.38. The molecule has 0 N–H and O–H groups in total. The molecule has 0 radical (unpaired) electrons. The minimum absolute atomic E-state index is 0.0445. The van der Waals surface area contributed by atoms with Crippen molar-refractivity contribution in [2.24, 2.45) is 0 Å². The molecule has 1 nitrogen and oxygen atoms in total. The summed E-state index contributed by atoms with van der Waals surface area (Å²) in [4.78, 5) is 0. The van der Waals surface area contributed by atoms with E-state index in [-0.39, 0.29) is 22.3 Å². The van der Waals surface area contributed by atoms with Crippen molar-refractivity contribution in [1.29, 1.82) is 0 Å². The van der Waals surface area contributed by atoms with Crippen molar-refractivity contribution in [2.75, 3.05) is 0 Å². The summed E-state index contributed by atoms with van der Waals surface area (Å²) < 4.78 is 63.1. The van der Waals surface area contributed by atoms with E-state index in [9.17, 15) is 13.2 Å². The Morgan fingerprint density at radius 3 is 1.93 bits per heavy atom. The van der Waals surface area contributed by atoms with Crippen molar-refractivity contribution in [3.8, 4) is 28.0 Å². The highest BCUT2D eigenvalue weighted by atomic mass is 19.3. The number of aryl methyl sites for hydroxylation is 2. The second-order valence-electron chi connectivity index (χ2n) is 6.41. The number of fused-ring (bicyclic) bond motifs is 3. The van der Waals surface area contributed by atoms with Crippen molar-refractivity contribution in [3.63, 3.8) is 0 Å². The monoisotopic (exact) mass is 388 g/mol. The van der Waals surface area contributed by atoms with Gasteiger partial charge in [0.1, 0.15) is 11.4 Å². The number of hydrogen-bond donors (Lipinski definition) is 0. The SMILES string of the molecule is CC.Cc1ccc(-c2ccc3c(c2F)C(F)(F)Oc2c-3ccc(C)c2F)cc1. The van der Waals surface area contributed by atoms with E-state index < -0.39 is 29.1 Å². The Labute approximate surface area is 161 Å². The third-order valence-corrected chi connectivity index (χ3v) is 4.61. The largest absolute Gasteiger partial charge is 0.430 e. The Balaban J connectivity index is 0.00000109. The fourth-order valence-corrected chi connectivity index (χ4v) is 3.19. The number of alkyl halides is 2. The van der Waals surface area contributed by atoms with Crippen molar-refractivity contribution in [2.45, 2.75) is 33.8 Å². The topological polar surface area (TPSA) is 9.23 Å². The van der Waals surface area contributed by atoms with Gasteiger partial charge in [0.05, 0.1) is 0 Å².